The third-order valence-electron chi connectivity index (χ3n) is 3.14. The lowest BCUT2D eigenvalue weighted by molar-refractivity contribution is 0.827. The van der Waals surface area contributed by atoms with Crippen LogP contribution in [0.5, 0.6) is 0 Å². The zero-order valence-corrected chi connectivity index (χ0v) is 12.1. The molecule has 0 bridgehead atoms. The van der Waals surface area contributed by atoms with Crippen molar-refractivity contribution in [3.8, 4) is 0 Å². The molecule has 0 aliphatic heterocycles. The van der Waals surface area contributed by atoms with Gasteiger partial charge in [-0.05, 0) is 31.2 Å². The topological polar surface area (TPSA) is 4.93 Å². The van der Waals surface area contributed by atoms with E-state index in [4.69, 9.17) is 0 Å². The highest BCUT2D eigenvalue weighted by molar-refractivity contribution is 9.10. The molecular weight excluding hydrogens is 290 g/mol. The Morgan fingerprint density at radius 3 is 2.41 bits per heavy atom. The Balaban J connectivity index is 2.57. The summed E-state index contributed by atoms with van der Waals surface area (Å²) >= 11 is 3.55. The van der Waals surface area contributed by atoms with Gasteiger partial charge in [-0.3, -0.25) is 0 Å². The van der Waals surface area contributed by atoms with Gasteiger partial charge in [-0.15, -0.1) is 0 Å². The highest BCUT2D eigenvalue weighted by Gasteiger charge is 2.09. The predicted octanol–water partition coefficient (Wildman–Crippen LogP) is 3.37. The molecule has 0 spiro atoms. The molecule has 0 aliphatic carbocycles. The smallest absolute Gasteiger partial charge is 0.0712 e. The summed E-state index contributed by atoms with van der Waals surface area (Å²) in [6.07, 6.45) is 0. The Morgan fingerprint density at radius 1 is 1.06 bits per heavy atom. The maximum atomic E-state index is 3.60. The molecule has 0 amide bonds. The van der Waals surface area contributed by atoms with Crippen molar-refractivity contribution in [2.45, 2.75) is 13.5 Å². The Bertz CT molecular complexity index is 656. The fourth-order valence-corrected chi connectivity index (χ4v) is 3.01. The van der Waals surface area contributed by atoms with Crippen molar-refractivity contribution in [3.05, 3.63) is 40.9 Å². The van der Waals surface area contributed by atoms with Gasteiger partial charge in [0.1, 0.15) is 0 Å². The highest BCUT2D eigenvalue weighted by atomic mass is 79.9. The minimum atomic E-state index is 0.989. The molecular formula is C14H11BrNSi. The third kappa shape index (κ3) is 1.65. The fraction of sp³-hybridized carbons (Fsp3) is 0.143. The van der Waals surface area contributed by atoms with Crippen LogP contribution in [0.4, 0.5) is 0 Å². The number of benzene rings is 2. The third-order valence-corrected chi connectivity index (χ3v) is 3.95. The van der Waals surface area contributed by atoms with E-state index in [1.165, 1.54) is 21.8 Å². The van der Waals surface area contributed by atoms with Gasteiger partial charge in [-0.1, -0.05) is 33.2 Å². The first-order valence-electron chi connectivity index (χ1n) is 5.64. The van der Waals surface area contributed by atoms with E-state index < -0.39 is 0 Å². The zero-order valence-electron chi connectivity index (χ0n) is 9.50. The first-order chi connectivity index (χ1) is 8.20. The SMILES string of the molecule is CCn1c2ccc([Si])cc2c2cc(Br)ccc21. The van der Waals surface area contributed by atoms with Crippen molar-refractivity contribution in [2.75, 3.05) is 0 Å². The van der Waals surface area contributed by atoms with E-state index in [9.17, 15) is 0 Å². The molecule has 1 aromatic heterocycles. The minimum absolute atomic E-state index is 0.989. The quantitative estimate of drug-likeness (QED) is 0.607. The second-order valence-corrected chi connectivity index (χ2v) is 5.63. The molecule has 0 atom stereocenters. The summed E-state index contributed by atoms with van der Waals surface area (Å²) in [6, 6.07) is 12.9. The van der Waals surface area contributed by atoms with Crippen molar-refractivity contribution in [1.82, 2.24) is 4.57 Å². The molecule has 0 unspecified atom stereocenters. The van der Waals surface area contributed by atoms with Crippen molar-refractivity contribution in [3.63, 3.8) is 0 Å². The number of hydrogen-bond acceptors (Lipinski definition) is 0. The summed E-state index contributed by atoms with van der Waals surface area (Å²) in [5.41, 5.74) is 2.59. The Labute approximate surface area is 112 Å². The molecule has 1 heterocycles. The van der Waals surface area contributed by atoms with Gasteiger partial charge >= 0.3 is 0 Å². The van der Waals surface area contributed by atoms with Gasteiger partial charge < -0.3 is 4.57 Å². The van der Waals surface area contributed by atoms with E-state index in [-0.39, 0.29) is 0 Å². The molecule has 0 aliphatic rings. The molecule has 0 fully saturated rings. The number of nitrogens with zero attached hydrogens (tertiary/aromatic N) is 1. The average molecular weight is 301 g/mol. The van der Waals surface area contributed by atoms with E-state index in [0.29, 0.717) is 0 Å². The van der Waals surface area contributed by atoms with Gasteiger partial charge in [0, 0.05) is 32.8 Å². The van der Waals surface area contributed by atoms with Gasteiger partial charge in [0.2, 0.25) is 0 Å². The largest absolute Gasteiger partial charge is 0.341 e. The highest BCUT2D eigenvalue weighted by Crippen LogP contribution is 2.30. The summed E-state index contributed by atoms with van der Waals surface area (Å²) in [6.45, 7) is 3.17. The van der Waals surface area contributed by atoms with Crippen LogP contribution in [0.25, 0.3) is 21.8 Å². The Morgan fingerprint density at radius 2 is 1.71 bits per heavy atom. The molecule has 83 valence electrons. The van der Waals surface area contributed by atoms with Crippen LogP contribution in [-0.4, -0.2) is 14.8 Å². The average Bonchev–Trinajstić information content (AvgIpc) is 2.62. The van der Waals surface area contributed by atoms with E-state index in [1.807, 2.05) is 0 Å². The van der Waals surface area contributed by atoms with Crippen LogP contribution in [0.2, 0.25) is 0 Å². The van der Waals surface area contributed by atoms with Crippen molar-refractivity contribution < 1.29 is 0 Å². The van der Waals surface area contributed by atoms with Crippen LogP contribution in [0, 0.1) is 0 Å². The molecule has 17 heavy (non-hydrogen) atoms. The predicted molar refractivity (Wildman–Crippen MR) is 78.2 cm³/mol. The number of halogens is 1. The maximum Gasteiger partial charge on any atom is 0.0712 e. The van der Waals surface area contributed by atoms with Crippen LogP contribution in [-0.2, 0) is 6.54 Å². The lowest BCUT2D eigenvalue weighted by Gasteiger charge is -2.02. The van der Waals surface area contributed by atoms with Crippen molar-refractivity contribution in [2.24, 2.45) is 0 Å². The molecule has 3 radical (unpaired) electrons. The van der Waals surface area contributed by atoms with E-state index in [0.717, 1.165) is 16.2 Å². The monoisotopic (exact) mass is 300 g/mol. The number of fused-ring (bicyclic) bond motifs is 3. The van der Waals surface area contributed by atoms with Gasteiger partial charge in [-0.2, -0.15) is 0 Å². The van der Waals surface area contributed by atoms with Crippen LogP contribution >= 0.6 is 15.9 Å². The molecule has 3 aromatic rings. The van der Waals surface area contributed by atoms with Crippen molar-refractivity contribution >= 4 is 53.2 Å². The van der Waals surface area contributed by atoms with Crippen molar-refractivity contribution in [1.29, 1.82) is 0 Å². The fourth-order valence-electron chi connectivity index (χ4n) is 2.42. The van der Waals surface area contributed by atoms with Crippen LogP contribution in [0.1, 0.15) is 6.92 Å². The number of aromatic nitrogens is 1. The van der Waals surface area contributed by atoms with Crippen LogP contribution < -0.4 is 5.19 Å². The van der Waals surface area contributed by atoms with Gasteiger partial charge in [0.25, 0.3) is 0 Å². The van der Waals surface area contributed by atoms with Gasteiger partial charge in [-0.25, -0.2) is 0 Å². The molecule has 3 rings (SSSR count). The van der Waals surface area contributed by atoms with Gasteiger partial charge in [0.15, 0.2) is 0 Å². The lowest BCUT2D eigenvalue weighted by atomic mass is 10.1. The molecule has 0 saturated carbocycles. The van der Waals surface area contributed by atoms with Crippen LogP contribution in [0.15, 0.2) is 40.9 Å². The summed E-state index contributed by atoms with van der Waals surface area (Å²) in [5.74, 6) is 0. The summed E-state index contributed by atoms with van der Waals surface area (Å²) in [5, 5.41) is 3.72. The minimum Gasteiger partial charge on any atom is -0.341 e. The maximum absolute atomic E-state index is 3.60. The normalized spacial score (nSPS) is 11.5. The molecule has 3 heteroatoms. The molecule has 0 saturated heterocycles. The Hall–Kier alpha value is -1.06. The second kappa shape index (κ2) is 4.00. The van der Waals surface area contributed by atoms with E-state index in [2.05, 4.69) is 74.1 Å². The summed E-state index contributed by atoms with van der Waals surface area (Å²) in [4.78, 5) is 0. The Kier molecular flexibility index (Phi) is 2.60. The van der Waals surface area contributed by atoms with Crippen LogP contribution in [0.3, 0.4) is 0 Å². The first kappa shape index (κ1) is 11.1. The molecule has 2 aromatic carbocycles. The van der Waals surface area contributed by atoms with E-state index in [1.54, 1.807) is 0 Å². The summed E-state index contributed by atoms with van der Waals surface area (Å²) < 4.78 is 3.47. The first-order valence-corrected chi connectivity index (χ1v) is 6.93. The lowest BCUT2D eigenvalue weighted by Crippen LogP contribution is -2.00. The van der Waals surface area contributed by atoms with Gasteiger partial charge in [0.05, 0.1) is 10.2 Å². The number of aryl methyl sites for hydroxylation is 1. The summed E-state index contributed by atoms with van der Waals surface area (Å²) in [7, 11) is 3.60. The zero-order chi connectivity index (χ0) is 12.0. The number of hydrogen-bond donors (Lipinski definition) is 0. The standard InChI is InChI=1S/C14H11BrNSi/c1-2-16-13-5-3-9(15)7-11(13)12-8-10(17)4-6-14(12)16/h3-8H,2H2,1H3. The molecule has 0 N–H and O–H groups in total. The second-order valence-electron chi connectivity index (χ2n) is 4.14. The molecule has 1 nitrogen and oxygen atoms in total. The number of rotatable bonds is 1. The van der Waals surface area contributed by atoms with E-state index >= 15 is 0 Å².